The SMILES string of the molecule is CC(C)C(=O)OC[C@H]1O[C@@H](O)[C@H](OC(=O)C(C)C)[C@@H](OC(=O)C(C)C)[C@@H]1OC(=O)C(C)C. The second-order valence-electron chi connectivity index (χ2n) is 9.02. The molecule has 1 N–H and O–H groups in total. The molecule has 1 aliphatic rings. The lowest BCUT2D eigenvalue weighted by molar-refractivity contribution is -0.298. The average Bonchev–Trinajstić information content (AvgIpc) is 2.69. The van der Waals surface area contributed by atoms with Crippen LogP contribution in [-0.2, 0) is 42.9 Å². The zero-order valence-electron chi connectivity index (χ0n) is 20.0. The highest BCUT2D eigenvalue weighted by Gasteiger charge is 2.52. The Labute approximate surface area is 188 Å². The van der Waals surface area contributed by atoms with E-state index in [0.29, 0.717) is 0 Å². The van der Waals surface area contributed by atoms with Crippen LogP contribution < -0.4 is 0 Å². The largest absolute Gasteiger partial charge is 0.463 e. The Bertz CT molecular complexity index is 670. The predicted octanol–water partition coefficient (Wildman–Crippen LogP) is 1.61. The molecule has 1 aliphatic heterocycles. The van der Waals surface area contributed by atoms with E-state index in [0.717, 1.165) is 0 Å². The summed E-state index contributed by atoms with van der Waals surface area (Å²) in [6, 6.07) is 0. The summed E-state index contributed by atoms with van der Waals surface area (Å²) in [4.78, 5) is 48.9. The molecule has 5 atom stereocenters. The van der Waals surface area contributed by atoms with Gasteiger partial charge in [-0.1, -0.05) is 55.4 Å². The van der Waals surface area contributed by atoms with Crippen LogP contribution in [0.1, 0.15) is 55.4 Å². The summed E-state index contributed by atoms with van der Waals surface area (Å²) in [5, 5.41) is 10.6. The maximum atomic E-state index is 12.4. The topological polar surface area (TPSA) is 135 Å². The lowest BCUT2D eigenvalue weighted by Crippen LogP contribution is -2.63. The lowest BCUT2D eigenvalue weighted by Gasteiger charge is -2.43. The number of esters is 4. The fourth-order valence-electron chi connectivity index (χ4n) is 2.57. The van der Waals surface area contributed by atoms with Gasteiger partial charge in [-0.3, -0.25) is 19.2 Å². The Morgan fingerprint density at radius 2 is 1.03 bits per heavy atom. The van der Waals surface area contributed by atoms with E-state index in [1.807, 2.05) is 0 Å². The Balaban J connectivity index is 3.32. The van der Waals surface area contributed by atoms with Crippen molar-refractivity contribution in [2.45, 2.75) is 86.1 Å². The third-order valence-electron chi connectivity index (χ3n) is 4.64. The Hall–Kier alpha value is -2.20. The molecule has 0 aromatic rings. The van der Waals surface area contributed by atoms with Crippen molar-refractivity contribution in [1.29, 1.82) is 0 Å². The van der Waals surface area contributed by atoms with Crippen LogP contribution in [-0.4, -0.2) is 66.3 Å². The van der Waals surface area contributed by atoms with Crippen LogP contribution in [0.25, 0.3) is 0 Å². The van der Waals surface area contributed by atoms with E-state index in [1.54, 1.807) is 55.4 Å². The van der Waals surface area contributed by atoms with E-state index in [-0.39, 0.29) is 6.61 Å². The van der Waals surface area contributed by atoms with Gasteiger partial charge in [0.15, 0.2) is 24.6 Å². The summed E-state index contributed by atoms with van der Waals surface area (Å²) in [5.41, 5.74) is 0. The summed E-state index contributed by atoms with van der Waals surface area (Å²) >= 11 is 0. The molecule has 10 heteroatoms. The van der Waals surface area contributed by atoms with E-state index in [1.165, 1.54) is 0 Å². The standard InChI is InChI=1S/C22H36O10/c1-10(2)18(23)28-9-14-15(30-19(24)11(3)4)16(31-20(25)12(5)6)17(22(27)29-14)32-21(26)13(7)8/h10-17,22,27H,9H2,1-8H3/t14-,15-,16+,17-,22-/m1/s1. The van der Waals surface area contributed by atoms with Crippen LogP contribution in [0.5, 0.6) is 0 Å². The van der Waals surface area contributed by atoms with Crippen molar-refractivity contribution in [1.82, 2.24) is 0 Å². The second-order valence-corrected chi connectivity index (χ2v) is 9.02. The Morgan fingerprint density at radius 1 is 0.656 bits per heavy atom. The molecule has 1 heterocycles. The highest BCUT2D eigenvalue weighted by molar-refractivity contribution is 5.74. The van der Waals surface area contributed by atoms with Crippen molar-refractivity contribution in [2.24, 2.45) is 23.7 Å². The van der Waals surface area contributed by atoms with Crippen molar-refractivity contribution in [2.75, 3.05) is 6.61 Å². The molecule has 10 nitrogen and oxygen atoms in total. The van der Waals surface area contributed by atoms with E-state index in [4.69, 9.17) is 23.7 Å². The molecule has 32 heavy (non-hydrogen) atoms. The van der Waals surface area contributed by atoms with Crippen molar-refractivity contribution < 1.29 is 48.0 Å². The van der Waals surface area contributed by atoms with Gasteiger partial charge in [0.2, 0.25) is 0 Å². The number of carbonyl (C=O) groups excluding carboxylic acids is 4. The van der Waals surface area contributed by atoms with Crippen LogP contribution in [0.2, 0.25) is 0 Å². The second kappa shape index (κ2) is 12.2. The zero-order valence-corrected chi connectivity index (χ0v) is 20.0. The highest BCUT2D eigenvalue weighted by atomic mass is 16.7. The summed E-state index contributed by atoms with van der Waals surface area (Å²) < 4.78 is 27.1. The number of hydrogen-bond donors (Lipinski definition) is 1. The van der Waals surface area contributed by atoms with Crippen LogP contribution in [0.15, 0.2) is 0 Å². The molecule has 0 bridgehead atoms. The van der Waals surface area contributed by atoms with Gasteiger partial charge in [0.1, 0.15) is 12.7 Å². The summed E-state index contributed by atoms with van der Waals surface area (Å²) in [7, 11) is 0. The molecular weight excluding hydrogens is 424 g/mol. The third-order valence-corrected chi connectivity index (χ3v) is 4.64. The molecular formula is C22H36O10. The molecule has 1 fully saturated rings. The molecule has 1 saturated heterocycles. The quantitative estimate of drug-likeness (QED) is 0.399. The van der Waals surface area contributed by atoms with Gasteiger partial charge in [-0.05, 0) is 0 Å². The first-order valence-electron chi connectivity index (χ1n) is 10.9. The summed E-state index contributed by atoms with van der Waals surface area (Å²) in [6.07, 6.45) is -6.98. The normalized spacial score (nSPS) is 25.7. The highest BCUT2D eigenvalue weighted by Crippen LogP contribution is 2.29. The van der Waals surface area contributed by atoms with Gasteiger partial charge in [-0.15, -0.1) is 0 Å². The third kappa shape index (κ3) is 7.74. The van der Waals surface area contributed by atoms with Crippen LogP contribution >= 0.6 is 0 Å². The number of carbonyl (C=O) groups is 4. The maximum absolute atomic E-state index is 12.4. The van der Waals surface area contributed by atoms with E-state index >= 15 is 0 Å². The van der Waals surface area contributed by atoms with E-state index in [9.17, 15) is 24.3 Å². The van der Waals surface area contributed by atoms with Crippen LogP contribution in [0.4, 0.5) is 0 Å². The number of rotatable bonds is 9. The lowest BCUT2D eigenvalue weighted by atomic mass is 9.97. The fraction of sp³-hybridized carbons (Fsp3) is 0.818. The maximum Gasteiger partial charge on any atom is 0.308 e. The van der Waals surface area contributed by atoms with Crippen molar-refractivity contribution in [3.8, 4) is 0 Å². The molecule has 0 aromatic carbocycles. The molecule has 0 saturated carbocycles. The molecule has 0 aromatic heterocycles. The minimum absolute atomic E-state index is 0.370. The number of aliphatic hydroxyl groups excluding tert-OH is 1. The minimum atomic E-state index is -1.71. The van der Waals surface area contributed by atoms with Gasteiger partial charge in [-0.25, -0.2) is 0 Å². The minimum Gasteiger partial charge on any atom is -0.463 e. The molecule has 0 aliphatic carbocycles. The monoisotopic (exact) mass is 460 g/mol. The number of aliphatic hydroxyl groups is 1. The molecule has 0 amide bonds. The molecule has 0 spiro atoms. The molecule has 1 rings (SSSR count). The summed E-state index contributed by atoms with van der Waals surface area (Å²) in [5.74, 6) is -4.51. The smallest absolute Gasteiger partial charge is 0.308 e. The average molecular weight is 461 g/mol. The summed E-state index contributed by atoms with van der Waals surface area (Å²) in [6.45, 7) is 12.5. The first-order valence-corrected chi connectivity index (χ1v) is 10.9. The van der Waals surface area contributed by atoms with Crippen molar-refractivity contribution in [3.05, 3.63) is 0 Å². The number of ether oxygens (including phenoxy) is 5. The van der Waals surface area contributed by atoms with Gasteiger partial charge in [0, 0.05) is 0 Å². The number of hydrogen-bond acceptors (Lipinski definition) is 10. The predicted molar refractivity (Wildman–Crippen MR) is 111 cm³/mol. The fourth-order valence-corrected chi connectivity index (χ4v) is 2.57. The van der Waals surface area contributed by atoms with Crippen LogP contribution in [0, 0.1) is 23.7 Å². The molecule has 0 unspecified atom stereocenters. The van der Waals surface area contributed by atoms with Gasteiger partial charge in [-0.2, -0.15) is 0 Å². The van der Waals surface area contributed by atoms with Crippen molar-refractivity contribution in [3.63, 3.8) is 0 Å². The molecule has 184 valence electrons. The van der Waals surface area contributed by atoms with Gasteiger partial charge < -0.3 is 28.8 Å². The first kappa shape index (κ1) is 27.8. The first-order chi connectivity index (χ1) is 14.8. The van der Waals surface area contributed by atoms with Gasteiger partial charge in [0.25, 0.3) is 0 Å². The van der Waals surface area contributed by atoms with E-state index < -0.39 is 78.3 Å². The Kier molecular flexibility index (Phi) is 10.6. The Morgan fingerprint density at radius 3 is 1.44 bits per heavy atom. The van der Waals surface area contributed by atoms with Crippen LogP contribution in [0.3, 0.4) is 0 Å². The van der Waals surface area contributed by atoms with E-state index in [2.05, 4.69) is 0 Å². The molecule has 0 radical (unpaired) electrons. The van der Waals surface area contributed by atoms with Gasteiger partial charge in [0.05, 0.1) is 23.7 Å². The van der Waals surface area contributed by atoms with Crippen molar-refractivity contribution >= 4 is 23.9 Å². The van der Waals surface area contributed by atoms with Gasteiger partial charge >= 0.3 is 23.9 Å². The zero-order chi connectivity index (χ0) is 24.7.